The summed E-state index contributed by atoms with van der Waals surface area (Å²) in [6.45, 7) is 3.74. The maximum absolute atomic E-state index is 11.9. The molecule has 0 aliphatic rings. The summed E-state index contributed by atoms with van der Waals surface area (Å²) in [7, 11) is 0. The summed E-state index contributed by atoms with van der Waals surface area (Å²) in [5.74, 6) is -0.201. The third-order valence-electron chi connectivity index (χ3n) is 2.65. The topological polar surface area (TPSA) is 109 Å². The van der Waals surface area contributed by atoms with Gasteiger partial charge in [-0.05, 0) is 13.8 Å². The molecule has 0 spiro atoms. The number of aromatic amines is 1. The molecule has 0 aliphatic carbocycles. The van der Waals surface area contributed by atoms with Crippen LogP contribution >= 0.6 is 0 Å². The second-order valence-corrected chi connectivity index (χ2v) is 4.24. The largest absolute Gasteiger partial charge is 0.396 e. The van der Waals surface area contributed by atoms with Crippen molar-refractivity contribution in [3.8, 4) is 0 Å². The van der Waals surface area contributed by atoms with Gasteiger partial charge < -0.3 is 10.4 Å². The zero-order chi connectivity index (χ0) is 13.8. The van der Waals surface area contributed by atoms with Crippen LogP contribution in [0.2, 0.25) is 0 Å². The number of aliphatic hydroxyl groups is 1. The number of carbonyl (C=O) groups is 1. The first-order valence-corrected chi connectivity index (χ1v) is 5.91. The summed E-state index contributed by atoms with van der Waals surface area (Å²) in [5.41, 5.74) is 2.91. The average Bonchev–Trinajstić information content (AvgIpc) is 2.91. The molecule has 0 fully saturated rings. The van der Waals surface area contributed by atoms with E-state index in [9.17, 15) is 4.79 Å². The third-order valence-corrected chi connectivity index (χ3v) is 2.65. The minimum atomic E-state index is -0.201. The van der Waals surface area contributed by atoms with Crippen LogP contribution in [0.1, 0.15) is 17.1 Å². The molecule has 3 N–H and O–H groups in total. The maximum atomic E-state index is 11.9. The number of hydrogen-bond acceptors (Lipinski definition) is 5. The van der Waals surface area contributed by atoms with Gasteiger partial charge in [-0.25, -0.2) is 4.68 Å². The van der Waals surface area contributed by atoms with Crippen LogP contribution in [0.15, 0.2) is 6.20 Å². The summed E-state index contributed by atoms with van der Waals surface area (Å²) in [6.07, 6.45) is 2.08. The molecule has 0 saturated carbocycles. The van der Waals surface area contributed by atoms with E-state index in [0.29, 0.717) is 17.8 Å². The molecule has 1 amide bonds. The Morgan fingerprint density at radius 3 is 2.95 bits per heavy atom. The molecule has 0 aliphatic heterocycles. The Morgan fingerprint density at radius 1 is 1.53 bits per heavy atom. The Kier molecular flexibility index (Phi) is 3.91. The lowest BCUT2D eigenvalue weighted by Gasteiger charge is -2.04. The van der Waals surface area contributed by atoms with E-state index in [4.69, 9.17) is 5.11 Å². The van der Waals surface area contributed by atoms with Gasteiger partial charge in [0.1, 0.15) is 6.54 Å². The first-order valence-electron chi connectivity index (χ1n) is 5.91. The molecule has 8 nitrogen and oxygen atoms in total. The van der Waals surface area contributed by atoms with E-state index in [1.807, 2.05) is 13.8 Å². The minimum absolute atomic E-state index is 0.0122. The van der Waals surface area contributed by atoms with Crippen LogP contribution in [0.25, 0.3) is 0 Å². The second-order valence-electron chi connectivity index (χ2n) is 4.24. The summed E-state index contributed by atoms with van der Waals surface area (Å²) in [5, 5.41) is 26.0. The number of carbonyl (C=O) groups excluding carboxylic acids is 1. The van der Waals surface area contributed by atoms with Gasteiger partial charge in [0.15, 0.2) is 0 Å². The lowest BCUT2D eigenvalue weighted by atomic mass is 10.3. The van der Waals surface area contributed by atoms with Crippen molar-refractivity contribution in [1.82, 2.24) is 25.2 Å². The summed E-state index contributed by atoms with van der Waals surface area (Å²) < 4.78 is 1.44. The molecule has 2 rings (SSSR count). The van der Waals surface area contributed by atoms with Crippen molar-refractivity contribution in [2.45, 2.75) is 26.8 Å². The van der Waals surface area contributed by atoms with Gasteiger partial charge in [0.2, 0.25) is 5.91 Å². The Bertz CT molecular complexity index is 554. The average molecular weight is 264 g/mol. The summed E-state index contributed by atoms with van der Waals surface area (Å²) in [6, 6.07) is 0. The molecule has 0 atom stereocenters. The van der Waals surface area contributed by atoms with E-state index in [1.54, 1.807) is 6.20 Å². The molecule has 0 unspecified atom stereocenters. The lowest BCUT2D eigenvalue weighted by Crippen LogP contribution is -2.19. The molecule has 19 heavy (non-hydrogen) atoms. The van der Waals surface area contributed by atoms with E-state index in [0.717, 1.165) is 11.4 Å². The summed E-state index contributed by atoms with van der Waals surface area (Å²) >= 11 is 0. The minimum Gasteiger partial charge on any atom is -0.396 e. The molecular weight excluding hydrogens is 248 g/mol. The molecule has 2 aromatic rings. The van der Waals surface area contributed by atoms with Gasteiger partial charge in [-0.1, -0.05) is 5.21 Å². The molecule has 8 heteroatoms. The number of nitrogens with one attached hydrogen (secondary N) is 2. The van der Waals surface area contributed by atoms with Gasteiger partial charge in [-0.3, -0.25) is 9.89 Å². The zero-order valence-corrected chi connectivity index (χ0v) is 10.8. The van der Waals surface area contributed by atoms with E-state index in [1.165, 1.54) is 4.68 Å². The van der Waals surface area contributed by atoms with Crippen LogP contribution < -0.4 is 5.32 Å². The van der Waals surface area contributed by atoms with Gasteiger partial charge in [0.25, 0.3) is 0 Å². The number of amides is 1. The molecule has 0 radical (unpaired) electrons. The predicted octanol–water partition coefficient (Wildman–Crippen LogP) is -0.208. The first-order chi connectivity index (χ1) is 9.10. The van der Waals surface area contributed by atoms with Crippen molar-refractivity contribution in [1.29, 1.82) is 0 Å². The number of aliphatic hydroxyl groups excluding tert-OH is 1. The van der Waals surface area contributed by atoms with Crippen LogP contribution in [-0.2, 0) is 17.8 Å². The van der Waals surface area contributed by atoms with E-state index in [-0.39, 0.29) is 19.1 Å². The molecule has 0 aromatic carbocycles. The Morgan fingerprint density at radius 2 is 2.32 bits per heavy atom. The van der Waals surface area contributed by atoms with Gasteiger partial charge in [0.05, 0.1) is 22.8 Å². The number of hydrogen-bond donors (Lipinski definition) is 3. The number of nitrogens with zero attached hydrogens (tertiary/aromatic N) is 4. The number of H-pyrrole nitrogens is 1. The second kappa shape index (κ2) is 5.61. The van der Waals surface area contributed by atoms with E-state index >= 15 is 0 Å². The number of anilines is 1. The van der Waals surface area contributed by atoms with Crippen LogP contribution in [0.3, 0.4) is 0 Å². The fourth-order valence-electron chi connectivity index (χ4n) is 1.71. The summed E-state index contributed by atoms with van der Waals surface area (Å²) in [4.78, 5) is 11.9. The van der Waals surface area contributed by atoms with Crippen molar-refractivity contribution in [3.63, 3.8) is 0 Å². The Balaban J connectivity index is 1.97. The molecule has 2 heterocycles. The van der Waals surface area contributed by atoms with Crippen molar-refractivity contribution < 1.29 is 9.90 Å². The molecular formula is C11H16N6O2. The quantitative estimate of drug-likeness (QED) is 0.692. The van der Waals surface area contributed by atoms with Crippen LogP contribution in [-0.4, -0.2) is 42.8 Å². The van der Waals surface area contributed by atoms with Gasteiger partial charge in [0, 0.05) is 19.2 Å². The number of aryl methyl sites for hydroxylation is 2. The van der Waals surface area contributed by atoms with Crippen molar-refractivity contribution in [3.05, 3.63) is 23.3 Å². The number of aromatic nitrogens is 5. The molecule has 0 saturated heterocycles. The lowest BCUT2D eigenvalue weighted by molar-refractivity contribution is -0.116. The third kappa shape index (κ3) is 3.16. The molecule has 102 valence electrons. The maximum Gasteiger partial charge on any atom is 0.246 e. The zero-order valence-electron chi connectivity index (χ0n) is 10.8. The predicted molar refractivity (Wildman–Crippen MR) is 67.5 cm³/mol. The highest BCUT2D eigenvalue weighted by atomic mass is 16.3. The Labute approximate surface area is 109 Å². The monoisotopic (exact) mass is 264 g/mol. The normalized spacial score (nSPS) is 10.7. The molecule has 0 bridgehead atoms. The van der Waals surface area contributed by atoms with Crippen molar-refractivity contribution in [2.75, 3.05) is 11.9 Å². The van der Waals surface area contributed by atoms with E-state index < -0.39 is 0 Å². The smallest absolute Gasteiger partial charge is 0.246 e. The van der Waals surface area contributed by atoms with Gasteiger partial charge in [-0.15, -0.1) is 5.10 Å². The van der Waals surface area contributed by atoms with Crippen LogP contribution in [0, 0.1) is 13.8 Å². The Hall–Kier alpha value is -2.22. The van der Waals surface area contributed by atoms with Crippen LogP contribution in [0.5, 0.6) is 0 Å². The highest BCUT2D eigenvalue weighted by Gasteiger charge is 2.11. The highest BCUT2D eigenvalue weighted by molar-refractivity contribution is 5.91. The van der Waals surface area contributed by atoms with Gasteiger partial charge in [-0.2, -0.15) is 5.10 Å². The number of rotatable bonds is 5. The molecule has 2 aromatic heterocycles. The van der Waals surface area contributed by atoms with Crippen molar-refractivity contribution >= 4 is 11.6 Å². The van der Waals surface area contributed by atoms with Gasteiger partial charge >= 0.3 is 0 Å². The van der Waals surface area contributed by atoms with Crippen molar-refractivity contribution in [2.24, 2.45) is 0 Å². The van der Waals surface area contributed by atoms with E-state index in [2.05, 4.69) is 25.8 Å². The standard InChI is InChI=1S/C11H16N6O2/c1-7-11(8(2)14-13-7)12-10(19)6-17-5-9(3-4-18)15-16-17/h5,18H,3-4,6H2,1-2H3,(H,12,19)(H,13,14). The fraction of sp³-hybridized carbons (Fsp3) is 0.455. The highest BCUT2D eigenvalue weighted by Crippen LogP contribution is 2.15. The fourth-order valence-corrected chi connectivity index (χ4v) is 1.71. The van der Waals surface area contributed by atoms with Crippen LogP contribution in [0.4, 0.5) is 5.69 Å². The SMILES string of the molecule is Cc1n[nH]c(C)c1NC(=O)Cn1cc(CCO)nn1. The first kappa shape index (κ1) is 13.2.